The Morgan fingerprint density at radius 1 is 1.03 bits per heavy atom. The van der Waals surface area contributed by atoms with Crippen molar-refractivity contribution < 1.29 is 27.6 Å². The molecule has 3 amide bonds. The van der Waals surface area contributed by atoms with Crippen molar-refractivity contribution in [1.82, 2.24) is 10.2 Å². The van der Waals surface area contributed by atoms with Gasteiger partial charge in [0.2, 0.25) is 22.0 Å². The predicted molar refractivity (Wildman–Crippen MR) is 99.5 cm³/mol. The second-order valence-electron chi connectivity index (χ2n) is 7.42. The van der Waals surface area contributed by atoms with Crippen LogP contribution in [0.5, 0.6) is 0 Å². The van der Waals surface area contributed by atoms with E-state index in [2.05, 4.69) is 15.5 Å². The van der Waals surface area contributed by atoms with Gasteiger partial charge in [0.05, 0.1) is 17.5 Å². The molecule has 2 bridgehead atoms. The van der Waals surface area contributed by atoms with Crippen molar-refractivity contribution >= 4 is 39.9 Å². The molecule has 2 aromatic rings. The molecular formula is C19H13F3N4O3S. The summed E-state index contributed by atoms with van der Waals surface area (Å²) in [6.45, 7) is 0. The Morgan fingerprint density at radius 2 is 1.63 bits per heavy atom. The first-order chi connectivity index (χ1) is 14.2. The van der Waals surface area contributed by atoms with E-state index in [0.29, 0.717) is 5.69 Å². The fraction of sp³-hybridized carbons (Fsp3) is 0.316. The standard InChI is InChI=1S/C19H13F3N4O3S/c20-19(21,22)17-24-25-18(30-17)23-14(27)8-3-5-11(6-4-8)26-15(28)12-9-1-2-10(7-9)13(12)16(26)29/h1-6,9-10,12-13H,7H2,(H,23,25,27)/t9-,10-,12-,13-/m0/s1. The molecule has 2 heterocycles. The normalized spacial score (nSPS) is 27.1. The molecule has 7 nitrogen and oxygen atoms in total. The SMILES string of the molecule is O=C(Nc1nnc(C(F)(F)F)s1)c1ccc(N2C(=O)[C@@H]3[C@@H](C2=O)[C@H]2C=C[C@H]3C2)cc1. The number of carbonyl (C=O) groups is 3. The van der Waals surface area contributed by atoms with Gasteiger partial charge < -0.3 is 0 Å². The molecule has 1 saturated carbocycles. The van der Waals surface area contributed by atoms with Gasteiger partial charge >= 0.3 is 6.18 Å². The van der Waals surface area contributed by atoms with Crippen LogP contribution in [0, 0.1) is 23.7 Å². The Bertz CT molecular complexity index is 1070. The van der Waals surface area contributed by atoms with Crippen LogP contribution in [0.2, 0.25) is 0 Å². The number of anilines is 2. The maximum Gasteiger partial charge on any atom is 0.445 e. The molecule has 2 aliphatic carbocycles. The second kappa shape index (κ2) is 6.46. The lowest BCUT2D eigenvalue weighted by atomic mass is 9.85. The molecule has 2 fully saturated rings. The molecule has 0 unspecified atom stereocenters. The highest BCUT2D eigenvalue weighted by atomic mass is 32.1. The molecule has 4 atom stereocenters. The molecule has 1 aliphatic heterocycles. The number of benzene rings is 1. The van der Waals surface area contributed by atoms with E-state index in [1.807, 2.05) is 12.2 Å². The summed E-state index contributed by atoms with van der Waals surface area (Å²) in [5.41, 5.74) is 0.508. The molecule has 1 N–H and O–H groups in total. The molecule has 30 heavy (non-hydrogen) atoms. The van der Waals surface area contributed by atoms with E-state index >= 15 is 0 Å². The molecule has 1 aromatic heterocycles. The van der Waals surface area contributed by atoms with E-state index in [1.165, 1.54) is 29.2 Å². The quantitative estimate of drug-likeness (QED) is 0.592. The largest absolute Gasteiger partial charge is 0.445 e. The van der Waals surface area contributed by atoms with Crippen molar-refractivity contribution in [3.05, 3.63) is 47.0 Å². The summed E-state index contributed by atoms with van der Waals surface area (Å²) < 4.78 is 37.8. The molecule has 11 heteroatoms. The van der Waals surface area contributed by atoms with Gasteiger partial charge in [0.25, 0.3) is 5.91 Å². The lowest BCUT2D eigenvalue weighted by Crippen LogP contribution is -2.32. The molecular weight excluding hydrogens is 421 g/mol. The third kappa shape index (κ3) is 2.83. The topological polar surface area (TPSA) is 92.3 Å². The maximum atomic E-state index is 12.8. The zero-order chi connectivity index (χ0) is 21.2. The van der Waals surface area contributed by atoms with E-state index < -0.39 is 17.1 Å². The van der Waals surface area contributed by atoms with Gasteiger partial charge in [0.1, 0.15) is 0 Å². The van der Waals surface area contributed by atoms with Gasteiger partial charge in [-0.2, -0.15) is 13.2 Å². The van der Waals surface area contributed by atoms with Crippen LogP contribution in [0.3, 0.4) is 0 Å². The van der Waals surface area contributed by atoms with Gasteiger partial charge in [-0.05, 0) is 42.5 Å². The van der Waals surface area contributed by atoms with Crippen molar-refractivity contribution in [2.45, 2.75) is 12.6 Å². The lowest BCUT2D eigenvalue weighted by molar-refractivity contribution is -0.138. The van der Waals surface area contributed by atoms with Gasteiger partial charge in [-0.1, -0.05) is 23.5 Å². The zero-order valence-corrected chi connectivity index (χ0v) is 15.9. The molecule has 0 radical (unpaired) electrons. The third-order valence-electron chi connectivity index (χ3n) is 5.75. The van der Waals surface area contributed by atoms with Crippen molar-refractivity contribution in [1.29, 1.82) is 0 Å². The Kier molecular flexibility index (Phi) is 4.07. The molecule has 154 valence electrons. The van der Waals surface area contributed by atoms with E-state index in [-0.39, 0.29) is 57.5 Å². The first kappa shape index (κ1) is 18.9. The van der Waals surface area contributed by atoms with E-state index in [0.717, 1.165) is 6.42 Å². The molecule has 3 aliphatic rings. The minimum atomic E-state index is -4.63. The first-order valence-corrected chi connectivity index (χ1v) is 9.94. The number of rotatable bonds is 3. The van der Waals surface area contributed by atoms with Crippen LogP contribution in [-0.2, 0) is 15.8 Å². The minimum absolute atomic E-state index is 0.0972. The number of hydrogen-bond donors (Lipinski definition) is 1. The van der Waals surface area contributed by atoms with Crippen LogP contribution < -0.4 is 10.2 Å². The van der Waals surface area contributed by atoms with Gasteiger partial charge in [0, 0.05) is 5.56 Å². The van der Waals surface area contributed by atoms with Gasteiger partial charge in [-0.15, -0.1) is 10.2 Å². The smallest absolute Gasteiger partial charge is 0.296 e. The highest BCUT2D eigenvalue weighted by Gasteiger charge is 2.59. The van der Waals surface area contributed by atoms with Gasteiger partial charge in [-0.25, -0.2) is 0 Å². The van der Waals surface area contributed by atoms with Crippen molar-refractivity contribution in [2.24, 2.45) is 23.7 Å². The first-order valence-electron chi connectivity index (χ1n) is 9.12. The summed E-state index contributed by atoms with van der Waals surface area (Å²) in [6, 6.07) is 5.75. The summed E-state index contributed by atoms with van der Waals surface area (Å²) in [5, 5.41) is 7.14. The number of imide groups is 1. The molecule has 1 saturated heterocycles. The second-order valence-corrected chi connectivity index (χ2v) is 8.40. The van der Waals surface area contributed by atoms with Crippen LogP contribution in [-0.4, -0.2) is 27.9 Å². The monoisotopic (exact) mass is 434 g/mol. The van der Waals surface area contributed by atoms with E-state index in [9.17, 15) is 27.6 Å². The summed E-state index contributed by atoms with van der Waals surface area (Å²) in [6.07, 6.45) is 0.211. The number of fused-ring (bicyclic) bond motifs is 5. The number of nitrogens with one attached hydrogen (secondary N) is 1. The third-order valence-corrected chi connectivity index (χ3v) is 6.63. The minimum Gasteiger partial charge on any atom is -0.296 e. The summed E-state index contributed by atoms with van der Waals surface area (Å²) in [4.78, 5) is 39.1. The number of carbonyl (C=O) groups excluding carboxylic acids is 3. The van der Waals surface area contributed by atoms with Gasteiger partial charge in [-0.3, -0.25) is 24.6 Å². The lowest BCUT2D eigenvalue weighted by Gasteiger charge is -2.17. The van der Waals surface area contributed by atoms with Crippen molar-refractivity contribution in [2.75, 3.05) is 10.2 Å². The van der Waals surface area contributed by atoms with Crippen LogP contribution in [0.25, 0.3) is 0 Å². The Labute approximate surface area is 171 Å². The molecule has 0 spiro atoms. The number of nitrogens with zero attached hydrogens (tertiary/aromatic N) is 3. The number of halogens is 3. The number of aromatic nitrogens is 2. The Hall–Kier alpha value is -3.08. The molecule has 5 rings (SSSR count). The van der Waals surface area contributed by atoms with Crippen LogP contribution in [0.1, 0.15) is 21.8 Å². The fourth-order valence-corrected chi connectivity index (χ4v) is 5.08. The summed E-state index contributed by atoms with van der Waals surface area (Å²) in [5.74, 6) is -1.59. The van der Waals surface area contributed by atoms with Crippen LogP contribution >= 0.6 is 11.3 Å². The highest BCUT2D eigenvalue weighted by molar-refractivity contribution is 7.15. The molecule has 1 aromatic carbocycles. The van der Waals surface area contributed by atoms with Crippen molar-refractivity contribution in [3.8, 4) is 0 Å². The summed E-state index contributed by atoms with van der Waals surface area (Å²) in [7, 11) is 0. The number of alkyl halides is 3. The van der Waals surface area contributed by atoms with Crippen LogP contribution in [0.4, 0.5) is 24.0 Å². The van der Waals surface area contributed by atoms with E-state index in [4.69, 9.17) is 0 Å². The highest BCUT2D eigenvalue weighted by Crippen LogP contribution is 2.53. The predicted octanol–water partition coefficient (Wildman–Crippen LogP) is 3.12. The average molecular weight is 434 g/mol. The van der Waals surface area contributed by atoms with Crippen molar-refractivity contribution in [3.63, 3.8) is 0 Å². The number of hydrogen-bond acceptors (Lipinski definition) is 6. The maximum absolute atomic E-state index is 12.8. The fourth-order valence-electron chi connectivity index (χ4n) is 4.48. The number of amides is 3. The average Bonchev–Trinajstić information content (AvgIpc) is 3.46. The summed E-state index contributed by atoms with van der Waals surface area (Å²) >= 11 is 0.220. The Morgan fingerprint density at radius 3 is 2.17 bits per heavy atom. The Balaban J connectivity index is 1.31. The van der Waals surface area contributed by atoms with E-state index in [1.54, 1.807) is 0 Å². The van der Waals surface area contributed by atoms with Gasteiger partial charge in [0.15, 0.2) is 0 Å². The zero-order valence-electron chi connectivity index (χ0n) is 15.1. The number of allylic oxidation sites excluding steroid dienone is 2. The van der Waals surface area contributed by atoms with Crippen LogP contribution in [0.15, 0.2) is 36.4 Å².